The lowest BCUT2D eigenvalue weighted by atomic mass is 9.83. The predicted molar refractivity (Wildman–Crippen MR) is 68.1 cm³/mol. The summed E-state index contributed by atoms with van der Waals surface area (Å²) in [4.78, 5) is 11.9. The summed E-state index contributed by atoms with van der Waals surface area (Å²) < 4.78 is 0. The van der Waals surface area contributed by atoms with Crippen LogP contribution in [0.25, 0.3) is 0 Å². The van der Waals surface area contributed by atoms with E-state index < -0.39 is 5.92 Å². The lowest BCUT2D eigenvalue weighted by Crippen LogP contribution is -2.39. The maximum atomic E-state index is 11.9. The van der Waals surface area contributed by atoms with Crippen molar-refractivity contribution in [1.29, 1.82) is 5.26 Å². The van der Waals surface area contributed by atoms with Gasteiger partial charge in [-0.25, -0.2) is 0 Å². The van der Waals surface area contributed by atoms with Gasteiger partial charge in [-0.05, 0) is 30.6 Å². The molecule has 0 aromatic carbocycles. The zero-order valence-electron chi connectivity index (χ0n) is 11.3. The number of nitrogens with one attached hydrogen (secondary N) is 1. The van der Waals surface area contributed by atoms with Crippen molar-refractivity contribution in [2.45, 2.75) is 52.9 Å². The highest BCUT2D eigenvalue weighted by Crippen LogP contribution is 2.40. The molecule has 1 rings (SSSR count). The Kier molecular flexibility index (Phi) is 4.99. The topological polar surface area (TPSA) is 52.9 Å². The Bertz CT molecular complexity index is 298. The van der Waals surface area contributed by atoms with E-state index in [0.717, 1.165) is 13.0 Å². The van der Waals surface area contributed by atoms with Gasteiger partial charge in [0.2, 0.25) is 5.91 Å². The molecule has 17 heavy (non-hydrogen) atoms. The van der Waals surface area contributed by atoms with Gasteiger partial charge in [0.1, 0.15) is 5.92 Å². The van der Waals surface area contributed by atoms with Gasteiger partial charge >= 0.3 is 0 Å². The second kappa shape index (κ2) is 6.05. The molecular formula is C14H24N2O. The molecule has 0 bridgehead atoms. The van der Waals surface area contributed by atoms with E-state index in [1.54, 1.807) is 0 Å². The molecule has 0 spiro atoms. The molecule has 0 radical (unpaired) electrons. The fraction of sp³-hybridized carbons (Fsp3) is 0.857. The molecule has 1 N–H and O–H groups in total. The van der Waals surface area contributed by atoms with Crippen LogP contribution in [0.5, 0.6) is 0 Å². The van der Waals surface area contributed by atoms with E-state index in [9.17, 15) is 4.79 Å². The van der Waals surface area contributed by atoms with E-state index in [1.165, 1.54) is 25.7 Å². The van der Waals surface area contributed by atoms with Gasteiger partial charge < -0.3 is 5.32 Å². The average molecular weight is 236 g/mol. The van der Waals surface area contributed by atoms with Crippen LogP contribution in [0.4, 0.5) is 0 Å². The number of hydrogen-bond donors (Lipinski definition) is 1. The first-order valence-electron chi connectivity index (χ1n) is 6.72. The van der Waals surface area contributed by atoms with Crippen LogP contribution in [0.15, 0.2) is 0 Å². The monoisotopic (exact) mass is 236 g/mol. The van der Waals surface area contributed by atoms with Crippen LogP contribution in [0.3, 0.4) is 0 Å². The number of hydrogen-bond acceptors (Lipinski definition) is 2. The number of carbonyl (C=O) groups excluding carboxylic acids is 1. The number of rotatable bonds is 5. The first-order valence-corrected chi connectivity index (χ1v) is 6.72. The SMILES string of the molecule is CCC1(CNC(=O)C(C#N)C(C)C)CCCC1. The maximum absolute atomic E-state index is 11.9. The van der Waals surface area contributed by atoms with Crippen molar-refractivity contribution in [1.82, 2.24) is 5.32 Å². The van der Waals surface area contributed by atoms with Crippen molar-refractivity contribution in [2.24, 2.45) is 17.3 Å². The molecular weight excluding hydrogens is 212 g/mol. The first kappa shape index (κ1) is 14.0. The van der Waals surface area contributed by atoms with Crippen molar-refractivity contribution in [2.75, 3.05) is 6.54 Å². The molecule has 3 nitrogen and oxygen atoms in total. The lowest BCUT2D eigenvalue weighted by Gasteiger charge is -2.28. The van der Waals surface area contributed by atoms with Crippen LogP contribution >= 0.6 is 0 Å². The van der Waals surface area contributed by atoms with Gasteiger partial charge in [-0.2, -0.15) is 5.26 Å². The van der Waals surface area contributed by atoms with Crippen LogP contribution in [-0.2, 0) is 4.79 Å². The molecule has 3 heteroatoms. The Hall–Kier alpha value is -1.04. The van der Waals surface area contributed by atoms with E-state index >= 15 is 0 Å². The summed E-state index contributed by atoms with van der Waals surface area (Å²) in [5, 5.41) is 12.0. The molecule has 0 saturated heterocycles. The summed E-state index contributed by atoms with van der Waals surface area (Å²) >= 11 is 0. The van der Waals surface area contributed by atoms with Crippen LogP contribution in [0.2, 0.25) is 0 Å². The van der Waals surface area contributed by atoms with Gasteiger partial charge in [-0.15, -0.1) is 0 Å². The van der Waals surface area contributed by atoms with Gasteiger partial charge in [0, 0.05) is 6.54 Å². The fourth-order valence-corrected chi connectivity index (χ4v) is 2.68. The Morgan fingerprint density at radius 1 is 1.41 bits per heavy atom. The van der Waals surface area contributed by atoms with E-state index in [0.29, 0.717) is 5.41 Å². The van der Waals surface area contributed by atoms with E-state index in [1.807, 2.05) is 13.8 Å². The van der Waals surface area contributed by atoms with Crippen LogP contribution in [0.1, 0.15) is 52.9 Å². The summed E-state index contributed by atoms with van der Waals surface area (Å²) in [6.07, 6.45) is 6.09. The van der Waals surface area contributed by atoms with Crippen LogP contribution in [-0.4, -0.2) is 12.5 Å². The van der Waals surface area contributed by atoms with Gasteiger partial charge in [-0.1, -0.05) is 33.6 Å². The normalized spacial score (nSPS) is 19.9. The standard InChI is InChI=1S/C14H24N2O/c1-4-14(7-5-6-8-14)10-16-13(17)12(9-15)11(2)3/h11-12H,4-8,10H2,1-3H3,(H,16,17). The fourth-order valence-electron chi connectivity index (χ4n) is 2.68. The molecule has 1 amide bonds. The predicted octanol–water partition coefficient (Wildman–Crippen LogP) is 2.87. The average Bonchev–Trinajstić information content (AvgIpc) is 2.76. The minimum atomic E-state index is -0.509. The highest BCUT2D eigenvalue weighted by Gasteiger charge is 2.33. The molecule has 1 fully saturated rings. The lowest BCUT2D eigenvalue weighted by molar-refractivity contribution is -0.124. The van der Waals surface area contributed by atoms with E-state index in [2.05, 4.69) is 18.3 Å². The minimum absolute atomic E-state index is 0.0844. The Labute approximate surface area is 105 Å². The van der Waals surface area contributed by atoms with Crippen LogP contribution < -0.4 is 5.32 Å². The van der Waals surface area contributed by atoms with Gasteiger partial charge in [0.25, 0.3) is 0 Å². The molecule has 1 saturated carbocycles. The molecule has 1 aliphatic carbocycles. The molecule has 96 valence electrons. The summed E-state index contributed by atoms with van der Waals surface area (Å²) in [6, 6.07) is 2.10. The van der Waals surface area contributed by atoms with Crippen LogP contribution in [0, 0.1) is 28.6 Å². The quantitative estimate of drug-likeness (QED) is 0.798. The minimum Gasteiger partial charge on any atom is -0.354 e. The van der Waals surface area contributed by atoms with Gasteiger partial charge in [0.05, 0.1) is 6.07 Å². The Morgan fingerprint density at radius 2 is 2.00 bits per heavy atom. The first-order chi connectivity index (χ1) is 8.04. The number of nitrogens with zero attached hydrogens (tertiary/aromatic N) is 1. The third-order valence-electron chi connectivity index (χ3n) is 4.14. The largest absolute Gasteiger partial charge is 0.354 e. The van der Waals surface area contributed by atoms with Crippen molar-refractivity contribution < 1.29 is 4.79 Å². The molecule has 0 aliphatic heterocycles. The number of amides is 1. The third-order valence-corrected chi connectivity index (χ3v) is 4.14. The van der Waals surface area contributed by atoms with Crippen molar-refractivity contribution in [3.8, 4) is 6.07 Å². The third kappa shape index (κ3) is 3.46. The molecule has 1 unspecified atom stereocenters. The van der Waals surface area contributed by atoms with Gasteiger partial charge in [-0.3, -0.25) is 4.79 Å². The highest BCUT2D eigenvalue weighted by atomic mass is 16.1. The molecule has 0 heterocycles. The zero-order chi connectivity index (χ0) is 12.9. The van der Waals surface area contributed by atoms with E-state index in [4.69, 9.17) is 5.26 Å². The maximum Gasteiger partial charge on any atom is 0.237 e. The number of carbonyl (C=O) groups is 1. The van der Waals surface area contributed by atoms with Crippen molar-refractivity contribution in [3.05, 3.63) is 0 Å². The summed E-state index contributed by atoms with van der Waals surface area (Å²) in [7, 11) is 0. The van der Waals surface area contributed by atoms with Crippen molar-refractivity contribution >= 4 is 5.91 Å². The molecule has 0 aromatic rings. The number of nitriles is 1. The Morgan fingerprint density at radius 3 is 2.41 bits per heavy atom. The Balaban J connectivity index is 2.50. The second-order valence-electron chi connectivity index (χ2n) is 5.63. The molecule has 1 atom stereocenters. The van der Waals surface area contributed by atoms with Gasteiger partial charge in [0.15, 0.2) is 0 Å². The van der Waals surface area contributed by atoms with E-state index in [-0.39, 0.29) is 11.8 Å². The molecule has 1 aliphatic rings. The summed E-state index contributed by atoms with van der Waals surface area (Å²) in [5.41, 5.74) is 0.298. The summed E-state index contributed by atoms with van der Waals surface area (Å²) in [5.74, 6) is -0.520. The second-order valence-corrected chi connectivity index (χ2v) is 5.63. The summed E-state index contributed by atoms with van der Waals surface area (Å²) in [6.45, 7) is 6.77. The highest BCUT2D eigenvalue weighted by molar-refractivity contribution is 5.81. The van der Waals surface area contributed by atoms with Crippen molar-refractivity contribution in [3.63, 3.8) is 0 Å². The smallest absolute Gasteiger partial charge is 0.237 e. The molecule has 0 aromatic heterocycles. The zero-order valence-corrected chi connectivity index (χ0v) is 11.3.